The first-order valence-electron chi connectivity index (χ1n) is 9.36. The number of amides is 1. The summed E-state index contributed by atoms with van der Waals surface area (Å²) in [6, 6.07) is 18.1. The number of nitrogens with zero attached hydrogens (tertiary/aromatic N) is 2. The molecular formula is C23H24N4O2. The van der Waals surface area contributed by atoms with Crippen LogP contribution in [0.25, 0.3) is 0 Å². The Kier molecular flexibility index (Phi) is 5.73. The second-order valence-corrected chi connectivity index (χ2v) is 7.81. The Bertz CT molecular complexity index is 1020. The highest BCUT2D eigenvalue weighted by Crippen LogP contribution is 2.30. The van der Waals surface area contributed by atoms with E-state index in [1.54, 1.807) is 36.4 Å². The zero-order valence-corrected chi connectivity index (χ0v) is 17.0. The average molecular weight is 388 g/mol. The fourth-order valence-corrected chi connectivity index (χ4v) is 2.89. The minimum atomic E-state index is -0.366. The van der Waals surface area contributed by atoms with Gasteiger partial charge in [0.25, 0.3) is 5.91 Å². The summed E-state index contributed by atoms with van der Waals surface area (Å²) < 4.78 is 0. The van der Waals surface area contributed by atoms with Crippen molar-refractivity contribution in [1.29, 1.82) is 0 Å². The van der Waals surface area contributed by atoms with Gasteiger partial charge in [0.05, 0.1) is 0 Å². The van der Waals surface area contributed by atoms with Gasteiger partial charge in [0.2, 0.25) is 0 Å². The van der Waals surface area contributed by atoms with Gasteiger partial charge in [-0.25, -0.2) is 0 Å². The first-order valence-corrected chi connectivity index (χ1v) is 9.36. The molecule has 148 valence electrons. The standard InChI is InChI=1S/C23H24N4O2/c1-15(28)16-9-11-17(12-10-16)24-22(29)20-13-14-21(27-26-20)25-19-8-6-5-7-18(19)23(2,3)4/h5-14H,1-4H3,(H,24,29)(H,25,27). The zero-order valence-electron chi connectivity index (χ0n) is 17.0. The SMILES string of the molecule is CC(=O)c1ccc(NC(=O)c2ccc(Nc3ccccc3C(C)(C)C)nn2)cc1. The van der Waals surface area contributed by atoms with Crippen LogP contribution in [0.2, 0.25) is 0 Å². The third-order valence-electron chi connectivity index (χ3n) is 4.44. The van der Waals surface area contributed by atoms with E-state index in [4.69, 9.17) is 0 Å². The maximum Gasteiger partial charge on any atom is 0.276 e. The van der Waals surface area contributed by atoms with Crippen molar-refractivity contribution in [1.82, 2.24) is 10.2 Å². The number of anilines is 3. The number of hydrogen-bond donors (Lipinski definition) is 2. The van der Waals surface area contributed by atoms with Gasteiger partial charge in [0, 0.05) is 16.9 Å². The fraction of sp³-hybridized carbons (Fsp3) is 0.217. The Labute approximate surface area is 170 Å². The zero-order chi connectivity index (χ0) is 21.0. The van der Waals surface area contributed by atoms with Crippen LogP contribution in [0.15, 0.2) is 60.7 Å². The van der Waals surface area contributed by atoms with E-state index in [9.17, 15) is 9.59 Å². The molecule has 0 aliphatic heterocycles. The number of nitrogens with one attached hydrogen (secondary N) is 2. The van der Waals surface area contributed by atoms with Crippen molar-refractivity contribution in [2.75, 3.05) is 10.6 Å². The lowest BCUT2D eigenvalue weighted by Crippen LogP contribution is -2.15. The topological polar surface area (TPSA) is 84.0 Å². The third kappa shape index (κ3) is 5.04. The predicted molar refractivity (Wildman–Crippen MR) is 115 cm³/mol. The molecule has 0 atom stereocenters. The molecule has 0 saturated heterocycles. The normalized spacial score (nSPS) is 11.0. The molecule has 3 aromatic rings. The Morgan fingerprint density at radius 2 is 1.55 bits per heavy atom. The van der Waals surface area contributed by atoms with Crippen molar-refractivity contribution in [2.45, 2.75) is 33.1 Å². The highest BCUT2D eigenvalue weighted by atomic mass is 16.2. The number of para-hydroxylation sites is 1. The van der Waals surface area contributed by atoms with E-state index in [0.29, 0.717) is 17.1 Å². The van der Waals surface area contributed by atoms with Crippen molar-refractivity contribution in [3.8, 4) is 0 Å². The van der Waals surface area contributed by atoms with Crippen LogP contribution >= 0.6 is 0 Å². The average Bonchev–Trinajstić information content (AvgIpc) is 2.68. The fourth-order valence-electron chi connectivity index (χ4n) is 2.89. The maximum atomic E-state index is 12.4. The van der Waals surface area contributed by atoms with Crippen LogP contribution < -0.4 is 10.6 Å². The highest BCUT2D eigenvalue weighted by molar-refractivity contribution is 6.03. The quantitative estimate of drug-likeness (QED) is 0.603. The van der Waals surface area contributed by atoms with Gasteiger partial charge >= 0.3 is 0 Å². The van der Waals surface area contributed by atoms with Gasteiger partial charge in [-0.15, -0.1) is 10.2 Å². The van der Waals surface area contributed by atoms with E-state index in [1.807, 2.05) is 18.2 Å². The van der Waals surface area contributed by atoms with Crippen molar-refractivity contribution in [3.63, 3.8) is 0 Å². The minimum Gasteiger partial charge on any atom is -0.338 e. The molecule has 2 N–H and O–H groups in total. The summed E-state index contributed by atoms with van der Waals surface area (Å²) in [7, 11) is 0. The highest BCUT2D eigenvalue weighted by Gasteiger charge is 2.18. The molecule has 0 aliphatic carbocycles. The first kappa shape index (κ1) is 20.2. The lowest BCUT2D eigenvalue weighted by molar-refractivity contribution is 0.101. The molecule has 0 saturated carbocycles. The molecule has 0 fully saturated rings. The number of ketones is 1. The number of carbonyl (C=O) groups is 2. The van der Waals surface area contributed by atoms with Gasteiger partial charge in [-0.05, 0) is 60.4 Å². The van der Waals surface area contributed by atoms with E-state index in [0.717, 1.165) is 11.3 Å². The molecule has 1 amide bonds. The molecule has 1 aromatic heterocycles. The smallest absolute Gasteiger partial charge is 0.276 e. The van der Waals surface area contributed by atoms with Crippen LogP contribution in [0.4, 0.5) is 17.2 Å². The van der Waals surface area contributed by atoms with Crippen molar-refractivity contribution < 1.29 is 9.59 Å². The monoisotopic (exact) mass is 388 g/mol. The van der Waals surface area contributed by atoms with Crippen molar-refractivity contribution in [2.24, 2.45) is 0 Å². The summed E-state index contributed by atoms with van der Waals surface area (Å²) in [5.74, 6) is 0.170. The molecule has 0 spiro atoms. The van der Waals surface area contributed by atoms with Crippen LogP contribution in [0.5, 0.6) is 0 Å². The molecule has 0 radical (unpaired) electrons. The first-order chi connectivity index (χ1) is 13.7. The van der Waals surface area contributed by atoms with Gasteiger partial charge in [-0.1, -0.05) is 39.0 Å². The molecule has 0 unspecified atom stereocenters. The van der Waals surface area contributed by atoms with E-state index < -0.39 is 0 Å². The lowest BCUT2D eigenvalue weighted by atomic mass is 9.86. The van der Waals surface area contributed by atoms with Crippen LogP contribution in [0.3, 0.4) is 0 Å². The lowest BCUT2D eigenvalue weighted by Gasteiger charge is -2.23. The molecule has 6 heteroatoms. The number of benzene rings is 2. The molecule has 3 rings (SSSR count). The Balaban J connectivity index is 1.70. The largest absolute Gasteiger partial charge is 0.338 e. The van der Waals surface area contributed by atoms with Gasteiger partial charge in [-0.3, -0.25) is 9.59 Å². The number of rotatable bonds is 5. The Hall–Kier alpha value is -3.54. The summed E-state index contributed by atoms with van der Waals surface area (Å²) in [5.41, 5.74) is 3.48. The summed E-state index contributed by atoms with van der Waals surface area (Å²) in [4.78, 5) is 23.7. The molecule has 6 nitrogen and oxygen atoms in total. The minimum absolute atomic E-state index is 0.0191. The van der Waals surface area contributed by atoms with Gasteiger partial charge in [0.1, 0.15) is 0 Å². The van der Waals surface area contributed by atoms with Gasteiger partial charge in [-0.2, -0.15) is 0 Å². The van der Waals surface area contributed by atoms with Crippen LogP contribution in [0, 0.1) is 0 Å². The number of carbonyl (C=O) groups excluding carboxylic acids is 2. The second kappa shape index (κ2) is 8.22. The molecule has 1 heterocycles. The molecular weight excluding hydrogens is 364 g/mol. The second-order valence-electron chi connectivity index (χ2n) is 7.81. The van der Waals surface area contributed by atoms with Crippen LogP contribution in [-0.2, 0) is 5.41 Å². The van der Waals surface area contributed by atoms with Crippen LogP contribution in [-0.4, -0.2) is 21.9 Å². The van der Waals surface area contributed by atoms with E-state index in [1.165, 1.54) is 6.92 Å². The number of aromatic nitrogens is 2. The molecule has 0 bridgehead atoms. The van der Waals surface area contributed by atoms with Crippen molar-refractivity contribution in [3.05, 3.63) is 77.5 Å². The number of hydrogen-bond acceptors (Lipinski definition) is 5. The summed E-state index contributed by atoms with van der Waals surface area (Å²) >= 11 is 0. The maximum absolute atomic E-state index is 12.4. The summed E-state index contributed by atoms with van der Waals surface area (Å²) in [6.45, 7) is 7.94. The predicted octanol–water partition coefficient (Wildman–Crippen LogP) is 4.97. The Morgan fingerprint density at radius 3 is 2.14 bits per heavy atom. The van der Waals surface area contributed by atoms with E-state index in [2.05, 4.69) is 47.7 Å². The van der Waals surface area contributed by atoms with Gasteiger partial charge in [0.15, 0.2) is 17.3 Å². The summed E-state index contributed by atoms with van der Waals surface area (Å²) in [5, 5.41) is 14.2. The third-order valence-corrected chi connectivity index (χ3v) is 4.44. The molecule has 0 aliphatic rings. The molecule has 29 heavy (non-hydrogen) atoms. The summed E-state index contributed by atoms with van der Waals surface area (Å²) in [6.07, 6.45) is 0. The Morgan fingerprint density at radius 1 is 0.862 bits per heavy atom. The molecule has 2 aromatic carbocycles. The number of Topliss-reactive ketones (excluding diaryl/α,β-unsaturated/α-hetero) is 1. The van der Waals surface area contributed by atoms with Gasteiger partial charge < -0.3 is 10.6 Å². The van der Waals surface area contributed by atoms with E-state index >= 15 is 0 Å². The van der Waals surface area contributed by atoms with E-state index in [-0.39, 0.29) is 22.8 Å². The van der Waals surface area contributed by atoms with Crippen LogP contribution in [0.1, 0.15) is 54.1 Å². The van der Waals surface area contributed by atoms with Crippen molar-refractivity contribution >= 4 is 28.9 Å².